The summed E-state index contributed by atoms with van der Waals surface area (Å²) >= 11 is 0. The van der Waals surface area contributed by atoms with Crippen LogP contribution in [0.3, 0.4) is 0 Å². The van der Waals surface area contributed by atoms with Gasteiger partial charge in [-0.1, -0.05) is 24.3 Å². The monoisotopic (exact) mass is 317 g/mol. The summed E-state index contributed by atoms with van der Waals surface area (Å²) in [5, 5.41) is 26.3. The van der Waals surface area contributed by atoms with E-state index in [1.807, 2.05) is 0 Å². The van der Waals surface area contributed by atoms with Crippen LogP contribution in [0, 0.1) is 0 Å². The van der Waals surface area contributed by atoms with Crippen LogP contribution in [0.25, 0.3) is 0 Å². The number of rotatable bonds is 5. The van der Waals surface area contributed by atoms with Gasteiger partial charge in [-0.15, -0.1) is 0 Å². The van der Waals surface area contributed by atoms with Gasteiger partial charge in [-0.05, 0) is 41.8 Å². The van der Waals surface area contributed by atoms with Gasteiger partial charge in [0.05, 0.1) is 0 Å². The Hall–Kier alpha value is -2.86. The fourth-order valence-electron chi connectivity index (χ4n) is 1.70. The van der Waals surface area contributed by atoms with Gasteiger partial charge in [0.2, 0.25) is 0 Å². The summed E-state index contributed by atoms with van der Waals surface area (Å²) in [4.78, 5) is 20.4. The van der Waals surface area contributed by atoms with Crippen molar-refractivity contribution in [1.82, 2.24) is 0 Å². The Morgan fingerprint density at radius 1 is 0.957 bits per heavy atom. The third-order valence-electron chi connectivity index (χ3n) is 2.96. The first-order valence-corrected chi connectivity index (χ1v) is 6.90. The molecule has 0 bridgehead atoms. The molecule has 0 saturated heterocycles. The van der Waals surface area contributed by atoms with E-state index < -0.39 is 12.0 Å². The minimum Gasteiger partial charge on any atom is -0.508 e. The van der Waals surface area contributed by atoms with Crippen molar-refractivity contribution in [3.05, 3.63) is 59.7 Å². The third kappa shape index (κ3) is 7.10. The van der Waals surface area contributed by atoms with Crippen molar-refractivity contribution in [1.29, 1.82) is 0 Å². The van der Waals surface area contributed by atoms with Gasteiger partial charge in [0.15, 0.2) is 0 Å². The first kappa shape index (κ1) is 18.2. The molecule has 122 valence electrons. The fraction of sp³-hybridized carbons (Fsp3) is 0.176. The average Bonchev–Trinajstić information content (AvgIpc) is 2.52. The Labute approximate surface area is 133 Å². The van der Waals surface area contributed by atoms with Crippen molar-refractivity contribution in [3.63, 3.8) is 0 Å². The molecule has 0 radical (unpaired) electrons. The van der Waals surface area contributed by atoms with E-state index in [9.17, 15) is 9.59 Å². The quantitative estimate of drug-likeness (QED) is 0.620. The first-order valence-electron chi connectivity index (χ1n) is 6.90. The van der Waals surface area contributed by atoms with Gasteiger partial charge >= 0.3 is 5.97 Å². The van der Waals surface area contributed by atoms with Crippen molar-refractivity contribution in [2.24, 2.45) is 5.73 Å². The van der Waals surface area contributed by atoms with Crippen LogP contribution in [0.2, 0.25) is 0 Å². The molecule has 2 rings (SSSR count). The molecule has 2 aromatic rings. The van der Waals surface area contributed by atoms with E-state index in [1.165, 1.54) is 12.1 Å². The molecule has 5 N–H and O–H groups in total. The largest absolute Gasteiger partial charge is 0.508 e. The van der Waals surface area contributed by atoms with Crippen molar-refractivity contribution >= 4 is 12.3 Å². The highest BCUT2D eigenvalue weighted by atomic mass is 16.4. The van der Waals surface area contributed by atoms with Crippen LogP contribution in [0.5, 0.6) is 11.5 Å². The second kappa shape index (κ2) is 9.22. The molecule has 0 aliphatic rings. The van der Waals surface area contributed by atoms with E-state index in [4.69, 9.17) is 21.1 Å². The van der Waals surface area contributed by atoms with Crippen LogP contribution in [-0.4, -0.2) is 33.6 Å². The highest BCUT2D eigenvalue weighted by molar-refractivity contribution is 5.73. The number of benzene rings is 2. The van der Waals surface area contributed by atoms with Crippen LogP contribution in [0.15, 0.2) is 48.5 Å². The average molecular weight is 317 g/mol. The third-order valence-corrected chi connectivity index (χ3v) is 2.96. The standard InChI is InChI=1S/C9H11NO3.C8H8O2/c10-8(9(12)13)5-6-1-3-7(11)4-2-6;9-6-5-7-1-3-8(10)4-2-7/h1-4,8,11H,5,10H2,(H,12,13);1-4,6,10H,5H2/t8-;/m0./s1. The molecule has 2 aromatic carbocycles. The molecular formula is C17H19NO5. The maximum Gasteiger partial charge on any atom is 0.320 e. The summed E-state index contributed by atoms with van der Waals surface area (Å²) in [6, 6.07) is 12.0. The van der Waals surface area contributed by atoms with Crippen molar-refractivity contribution in [2.45, 2.75) is 18.9 Å². The highest BCUT2D eigenvalue weighted by Crippen LogP contribution is 2.11. The van der Waals surface area contributed by atoms with Crippen LogP contribution in [0.4, 0.5) is 0 Å². The predicted octanol–water partition coefficient (Wildman–Crippen LogP) is 1.48. The smallest absolute Gasteiger partial charge is 0.320 e. The minimum absolute atomic E-state index is 0.160. The predicted molar refractivity (Wildman–Crippen MR) is 85.3 cm³/mol. The number of phenols is 2. The normalized spacial score (nSPS) is 11.0. The molecule has 0 heterocycles. The van der Waals surface area contributed by atoms with E-state index in [0.29, 0.717) is 6.42 Å². The molecule has 0 aliphatic carbocycles. The molecule has 0 amide bonds. The molecule has 0 saturated carbocycles. The molecule has 6 heteroatoms. The van der Waals surface area contributed by atoms with Gasteiger partial charge < -0.3 is 25.8 Å². The number of hydrogen-bond donors (Lipinski definition) is 4. The molecule has 0 unspecified atom stereocenters. The summed E-state index contributed by atoms with van der Waals surface area (Å²) in [7, 11) is 0. The van der Waals surface area contributed by atoms with Crippen LogP contribution in [-0.2, 0) is 22.4 Å². The Morgan fingerprint density at radius 3 is 1.78 bits per heavy atom. The Bertz CT molecular complexity index is 622. The van der Waals surface area contributed by atoms with E-state index in [0.717, 1.165) is 17.4 Å². The number of carboxylic acid groups (broad SMARTS) is 1. The van der Waals surface area contributed by atoms with Crippen molar-refractivity contribution < 1.29 is 24.9 Å². The number of nitrogens with two attached hydrogens (primary N) is 1. The summed E-state index contributed by atoms with van der Waals surface area (Å²) in [6.07, 6.45) is 1.53. The van der Waals surface area contributed by atoms with Gasteiger partial charge in [-0.3, -0.25) is 4.79 Å². The first-order chi connectivity index (χ1) is 10.9. The van der Waals surface area contributed by atoms with Crippen molar-refractivity contribution in [2.75, 3.05) is 0 Å². The number of carboxylic acids is 1. The second-order valence-corrected chi connectivity index (χ2v) is 4.85. The lowest BCUT2D eigenvalue weighted by Gasteiger charge is -2.05. The molecular weight excluding hydrogens is 298 g/mol. The van der Waals surface area contributed by atoms with Gasteiger partial charge in [-0.2, -0.15) is 0 Å². The number of phenolic OH excluding ortho intramolecular Hbond substituents is 2. The lowest BCUT2D eigenvalue weighted by atomic mass is 10.1. The maximum absolute atomic E-state index is 10.4. The number of aromatic hydroxyl groups is 2. The number of hydrogen-bond acceptors (Lipinski definition) is 5. The fourth-order valence-corrected chi connectivity index (χ4v) is 1.70. The zero-order chi connectivity index (χ0) is 17.2. The molecule has 1 atom stereocenters. The minimum atomic E-state index is -1.02. The summed E-state index contributed by atoms with van der Waals surface area (Å²) in [6.45, 7) is 0. The Balaban J connectivity index is 0.000000238. The van der Waals surface area contributed by atoms with Crippen molar-refractivity contribution in [3.8, 4) is 11.5 Å². The van der Waals surface area contributed by atoms with Gasteiger partial charge in [0, 0.05) is 6.42 Å². The Kier molecular flexibility index (Phi) is 7.29. The summed E-state index contributed by atoms with van der Waals surface area (Å²) in [5.74, 6) is -0.629. The lowest BCUT2D eigenvalue weighted by Crippen LogP contribution is -2.32. The number of carbonyl (C=O) groups excluding carboxylic acids is 1. The molecule has 0 fully saturated rings. The van der Waals surface area contributed by atoms with Gasteiger partial charge in [0.1, 0.15) is 23.8 Å². The van der Waals surface area contributed by atoms with E-state index in [2.05, 4.69) is 0 Å². The number of aldehydes is 1. The van der Waals surface area contributed by atoms with E-state index in [-0.39, 0.29) is 17.9 Å². The van der Waals surface area contributed by atoms with Gasteiger partial charge in [0.25, 0.3) is 0 Å². The summed E-state index contributed by atoms with van der Waals surface area (Å²) in [5.41, 5.74) is 7.05. The molecule has 6 nitrogen and oxygen atoms in total. The molecule has 0 aromatic heterocycles. The second-order valence-electron chi connectivity index (χ2n) is 4.85. The van der Waals surface area contributed by atoms with Gasteiger partial charge in [-0.25, -0.2) is 0 Å². The van der Waals surface area contributed by atoms with Crippen LogP contribution < -0.4 is 5.73 Å². The number of aliphatic carboxylic acids is 1. The topological polar surface area (TPSA) is 121 Å². The van der Waals surface area contributed by atoms with Crippen LogP contribution in [0.1, 0.15) is 11.1 Å². The van der Waals surface area contributed by atoms with E-state index in [1.54, 1.807) is 36.4 Å². The summed E-state index contributed by atoms with van der Waals surface area (Å²) < 4.78 is 0. The lowest BCUT2D eigenvalue weighted by molar-refractivity contribution is -0.138. The SMILES string of the molecule is N[C@@H](Cc1ccc(O)cc1)C(=O)O.O=CCc1ccc(O)cc1. The van der Waals surface area contributed by atoms with E-state index >= 15 is 0 Å². The van der Waals surface area contributed by atoms with Crippen LogP contribution >= 0.6 is 0 Å². The Morgan fingerprint density at radius 2 is 1.39 bits per heavy atom. The highest BCUT2D eigenvalue weighted by Gasteiger charge is 2.11. The molecule has 0 aliphatic heterocycles. The molecule has 0 spiro atoms. The zero-order valence-corrected chi connectivity index (χ0v) is 12.4. The molecule has 23 heavy (non-hydrogen) atoms. The zero-order valence-electron chi connectivity index (χ0n) is 12.4. The maximum atomic E-state index is 10.4. The number of carbonyl (C=O) groups is 2.